The van der Waals surface area contributed by atoms with Crippen LogP contribution in [-0.4, -0.2) is 17.1 Å². The molecule has 0 aliphatic heterocycles. The van der Waals surface area contributed by atoms with Crippen LogP contribution in [0, 0.1) is 0 Å². The van der Waals surface area contributed by atoms with Crippen molar-refractivity contribution in [3.63, 3.8) is 0 Å². The highest BCUT2D eigenvalue weighted by atomic mass is 16.5. The third kappa shape index (κ3) is 3.38. The van der Waals surface area contributed by atoms with Gasteiger partial charge >= 0.3 is 0 Å². The van der Waals surface area contributed by atoms with E-state index in [1.807, 2.05) is 45.0 Å². The molecule has 0 atom stereocenters. The molecule has 5 heteroatoms. The number of ether oxygens (including phenoxy) is 2. The van der Waals surface area contributed by atoms with Crippen LogP contribution in [0.1, 0.15) is 26.6 Å². The van der Waals surface area contributed by atoms with E-state index in [9.17, 15) is 0 Å². The first-order valence-electron chi connectivity index (χ1n) is 6.35. The Kier molecular flexibility index (Phi) is 3.79. The Morgan fingerprint density at radius 1 is 1.00 bits per heavy atom. The molecule has 2 rings (SSSR count). The molecule has 0 unspecified atom stereocenters. The first-order valence-corrected chi connectivity index (χ1v) is 6.35. The molecule has 0 aliphatic rings. The van der Waals surface area contributed by atoms with E-state index in [4.69, 9.17) is 15.2 Å². The summed E-state index contributed by atoms with van der Waals surface area (Å²) < 4.78 is 10.8. The van der Waals surface area contributed by atoms with E-state index in [0.717, 1.165) is 5.75 Å². The molecule has 1 aromatic heterocycles. The summed E-state index contributed by atoms with van der Waals surface area (Å²) >= 11 is 0. The van der Waals surface area contributed by atoms with Crippen LogP contribution in [0.4, 0.5) is 5.82 Å². The third-order valence-electron chi connectivity index (χ3n) is 2.68. The van der Waals surface area contributed by atoms with Crippen molar-refractivity contribution in [1.82, 2.24) is 9.97 Å². The lowest BCUT2D eigenvalue weighted by atomic mass is 9.96. The minimum absolute atomic E-state index is 0.187. The third-order valence-corrected chi connectivity index (χ3v) is 2.68. The average molecular weight is 273 g/mol. The topological polar surface area (TPSA) is 70.3 Å². The molecule has 0 fully saturated rings. The number of benzene rings is 1. The van der Waals surface area contributed by atoms with Crippen LogP contribution in [0.2, 0.25) is 0 Å². The van der Waals surface area contributed by atoms with Crippen molar-refractivity contribution >= 4 is 5.82 Å². The van der Waals surface area contributed by atoms with E-state index in [1.54, 1.807) is 13.2 Å². The van der Waals surface area contributed by atoms with Gasteiger partial charge in [0, 0.05) is 11.5 Å². The summed E-state index contributed by atoms with van der Waals surface area (Å²) in [5.74, 6) is 2.93. The lowest BCUT2D eigenvalue weighted by Crippen LogP contribution is -2.17. The van der Waals surface area contributed by atoms with Crippen LogP contribution in [0.5, 0.6) is 17.4 Å². The molecule has 0 saturated heterocycles. The molecule has 0 amide bonds. The monoisotopic (exact) mass is 273 g/mol. The fourth-order valence-corrected chi connectivity index (χ4v) is 1.59. The maximum atomic E-state index is 5.80. The molecule has 2 aromatic rings. The maximum absolute atomic E-state index is 5.80. The highest BCUT2D eigenvalue weighted by molar-refractivity contribution is 5.38. The summed E-state index contributed by atoms with van der Waals surface area (Å²) in [6.45, 7) is 6.08. The van der Waals surface area contributed by atoms with E-state index in [-0.39, 0.29) is 5.41 Å². The second-order valence-electron chi connectivity index (χ2n) is 5.48. The van der Waals surface area contributed by atoms with Crippen molar-refractivity contribution in [2.75, 3.05) is 12.8 Å². The largest absolute Gasteiger partial charge is 0.497 e. The molecular weight excluding hydrogens is 254 g/mol. The lowest BCUT2D eigenvalue weighted by Gasteiger charge is -2.17. The maximum Gasteiger partial charge on any atom is 0.224 e. The highest BCUT2D eigenvalue weighted by Gasteiger charge is 2.19. The van der Waals surface area contributed by atoms with Crippen molar-refractivity contribution in [2.24, 2.45) is 0 Å². The van der Waals surface area contributed by atoms with Gasteiger partial charge in [-0.05, 0) is 24.3 Å². The van der Waals surface area contributed by atoms with Crippen molar-refractivity contribution < 1.29 is 9.47 Å². The molecule has 0 bridgehead atoms. The average Bonchev–Trinajstić information content (AvgIpc) is 2.38. The van der Waals surface area contributed by atoms with Gasteiger partial charge in [0.05, 0.1) is 7.11 Å². The van der Waals surface area contributed by atoms with E-state index < -0.39 is 0 Å². The summed E-state index contributed by atoms with van der Waals surface area (Å²) in [6, 6.07) is 8.89. The van der Waals surface area contributed by atoms with Gasteiger partial charge < -0.3 is 15.2 Å². The fraction of sp³-hybridized carbons (Fsp3) is 0.333. The van der Waals surface area contributed by atoms with Gasteiger partial charge in [-0.1, -0.05) is 20.8 Å². The SMILES string of the molecule is COc1ccc(Oc2cc(N)nc(C(C)(C)C)n2)cc1. The number of nitrogens with two attached hydrogens (primary N) is 1. The van der Waals surface area contributed by atoms with Gasteiger partial charge in [-0.15, -0.1) is 0 Å². The van der Waals surface area contributed by atoms with Crippen molar-refractivity contribution in [2.45, 2.75) is 26.2 Å². The fourth-order valence-electron chi connectivity index (χ4n) is 1.59. The van der Waals surface area contributed by atoms with Crippen molar-refractivity contribution in [3.05, 3.63) is 36.2 Å². The first-order chi connectivity index (χ1) is 9.38. The molecular formula is C15H19N3O2. The molecule has 0 spiro atoms. The Morgan fingerprint density at radius 2 is 1.60 bits per heavy atom. The molecule has 2 N–H and O–H groups in total. The molecule has 106 valence electrons. The molecule has 0 radical (unpaired) electrons. The highest BCUT2D eigenvalue weighted by Crippen LogP contribution is 2.26. The Morgan fingerprint density at radius 3 is 2.15 bits per heavy atom. The molecule has 20 heavy (non-hydrogen) atoms. The Balaban J connectivity index is 2.26. The zero-order valence-electron chi connectivity index (χ0n) is 12.2. The van der Waals surface area contributed by atoms with Crippen molar-refractivity contribution in [1.29, 1.82) is 0 Å². The van der Waals surface area contributed by atoms with Gasteiger partial charge in [-0.2, -0.15) is 4.98 Å². The van der Waals surface area contributed by atoms with Gasteiger partial charge in [0.1, 0.15) is 23.1 Å². The molecule has 1 aromatic carbocycles. The minimum Gasteiger partial charge on any atom is -0.497 e. The summed E-state index contributed by atoms with van der Waals surface area (Å²) in [4.78, 5) is 8.64. The van der Waals surface area contributed by atoms with Crippen LogP contribution >= 0.6 is 0 Å². The van der Waals surface area contributed by atoms with Crippen LogP contribution in [-0.2, 0) is 5.41 Å². The van der Waals surface area contributed by atoms with Crippen LogP contribution < -0.4 is 15.2 Å². The molecule has 0 aliphatic carbocycles. The number of nitrogen functional groups attached to an aromatic ring is 1. The first kappa shape index (κ1) is 14.1. The Labute approximate surface area is 118 Å². The Hall–Kier alpha value is -2.30. The van der Waals surface area contributed by atoms with Gasteiger partial charge in [0.15, 0.2) is 0 Å². The second kappa shape index (κ2) is 5.36. The predicted molar refractivity (Wildman–Crippen MR) is 78.2 cm³/mol. The predicted octanol–water partition coefficient (Wildman–Crippen LogP) is 3.16. The summed E-state index contributed by atoms with van der Waals surface area (Å²) in [7, 11) is 1.62. The summed E-state index contributed by atoms with van der Waals surface area (Å²) in [6.07, 6.45) is 0. The number of hydrogen-bond acceptors (Lipinski definition) is 5. The summed E-state index contributed by atoms with van der Waals surface area (Å²) in [5, 5.41) is 0. The quantitative estimate of drug-likeness (QED) is 0.930. The smallest absolute Gasteiger partial charge is 0.224 e. The van der Waals surface area contributed by atoms with E-state index in [0.29, 0.717) is 23.3 Å². The van der Waals surface area contributed by atoms with Crippen LogP contribution in [0.3, 0.4) is 0 Å². The number of hydrogen-bond donors (Lipinski definition) is 1. The van der Waals surface area contributed by atoms with Crippen molar-refractivity contribution in [3.8, 4) is 17.4 Å². The number of rotatable bonds is 3. The number of nitrogens with zero attached hydrogens (tertiary/aromatic N) is 2. The van der Waals surface area contributed by atoms with E-state index in [2.05, 4.69) is 9.97 Å². The second-order valence-corrected chi connectivity index (χ2v) is 5.48. The lowest BCUT2D eigenvalue weighted by molar-refractivity contribution is 0.411. The molecule has 5 nitrogen and oxygen atoms in total. The van der Waals surface area contributed by atoms with E-state index in [1.165, 1.54) is 0 Å². The van der Waals surface area contributed by atoms with E-state index >= 15 is 0 Å². The van der Waals surface area contributed by atoms with Crippen LogP contribution in [0.15, 0.2) is 30.3 Å². The van der Waals surface area contributed by atoms with Gasteiger partial charge in [-0.25, -0.2) is 4.98 Å². The zero-order chi connectivity index (χ0) is 14.8. The normalized spacial score (nSPS) is 11.2. The Bertz CT molecular complexity index is 589. The molecule has 0 saturated carbocycles. The van der Waals surface area contributed by atoms with Gasteiger partial charge in [-0.3, -0.25) is 0 Å². The number of aromatic nitrogens is 2. The summed E-state index contributed by atoms with van der Waals surface area (Å²) in [5.41, 5.74) is 5.62. The zero-order valence-corrected chi connectivity index (χ0v) is 12.2. The van der Waals surface area contributed by atoms with Gasteiger partial charge in [0.25, 0.3) is 0 Å². The molecule has 1 heterocycles. The van der Waals surface area contributed by atoms with Gasteiger partial charge in [0.2, 0.25) is 5.88 Å². The number of anilines is 1. The standard InChI is InChI=1S/C15H19N3O2/c1-15(2,3)14-17-12(16)9-13(18-14)20-11-7-5-10(19-4)6-8-11/h5-9H,1-4H3,(H2,16,17,18). The number of methoxy groups -OCH3 is 1. The van der Waals surface area contributed by atoms with Crippen LogP contribution in [0.25, 0.3) is 0 Å². The minimum atomic E-state index is -0.187.